The smallest absolute Gasteiger partial charge is 0.271 e. The van der Waals surface area contributed by atoms with Crippen LogP contribution in [0.4, 0.5) is 0 Å². The summed E-state index contributed by atoms with van der Waals surface area (Å²) in [5, 5.41) is 0. The first-order chi connectivity index (χ1) is 9.66. The molecule has 1 aliphatic heterocycles. The fourth-order valence-electron chi connectivity index (χ4n) is 2.51. The van der Waals surface area contributed by atoms with Gasteiger partial charge in [-0.2, -0.15) is 0 Å². The van der Waals surface area contributed by atoms with E-state index in [2.05, 4.69) is 9.97 Å². The number of aromatic amines is 1. The molecule has 1 amide bonds. The normalized spacial score (nSPS) is 19.3. The Morgan fingerprint density at radius 2 is 2.40 bits per heavy atom. The van der Waals surface area contributed by atoms with Gasteiger partial charge in [-0.1, -0.05) is 0 Å². The number of carbonyl (C=O) groups excluding carboxylic acids is 1. The lowest BCUT2D eigenvalue weighted by Crippen LogP contribution is -2.44. The number of nitrogens with one attached hydrogen (secondary N) is 1. The second kappa shape index (κ2) is 5.13. The summed E-state index contributed by atoms with van der Waals surface area (Å²) in [6.45, 7) is 3.56. The number of ether oxygens (including phenoxy) is 1. The molecule has 3 heterocycles. The Labute approximate surface area is 117 Å². The molecule has 6 nitrogen and oxygen atoms in total. The number of carbonyl (C=O) groups is 1. The molecule has 0 spiro atoms. The van der Waals surface area contributed by atoms with E-state index in [0.29, 0.717) is 25.5 Å². The highest BCUT2D eigenvalue weighted by atomic mass is 16.5. The summed E-state index contributed by atoms with van der Waals surface area (Å²) in [4.78, 5) is 22.0. The molecule has 2 aromatic heterocycles. The molecule has 1 atom stereocenters. The Balaban J connectivity index is 1.89. The van der Waals surface area contributed by atoms with Gasteiger partial charge in [0.15, 0.2) is 0 Å². The molecule has 106 valence electrons. The fourth-order valence-corrected chi connectivity index (χ4v) is 2.51. The Kier molecular flexibility index (Phi) is 3.31. The molecule has 0 radical (unpaired) electrons. The largest absolute Gasteiger partial charge is 0.377 e. The quantitative estimate of drug-likeness (QED) is 0.897. The highest BCUT2D eigenvalue weighted by Gasteiger charge is 2.31. The van der Waals surface area contributed by atoms with Gasteiger partial charge in [-0.25, -0.2) is 4.98 Å². The Morgan fingerprint density at radius 1 is 1.55 bits per heavy atom. The Hall–Kier alpha value is -2.08. The minimum atomic E-state index is -0.153. The molecule has 1 unspecified atom stereocenters. The van der Waals surface area contributed by atoms with Gasteiger partial charge in [0.25, 0.3) is 5.91 Å². The number of hydrogen-bond acceptors (Lipinski definition) is 3. The first-order valence-corrected chi connectivity index (χ1v) is 6.68. The second-order valence-corrected chi connectivity index (χ2v) is 5.05. The van der Waals surface area contributed by atoms with Crippen LogP contribution in [0.2, 0.25) is 0 Å². The van der Waals surface area contributed by atoms with Crippen LogP contribution >= 0.6 is 0 Å². The van der Waals surface area contributed by atoms with Crippen molar-refractivity contribution in [3.63, 3.8) is 0 Å². The number of morpholine rings is 1. The molecule has 0 bridgehead atoms. The van der Waals surface area contributed by atoms with Crippen molar-refractivity contribution in [2.24, 2.45) is 7.05 Å². The summed E-state index contributed by atoms with van der Waals surface area (Å²) >= 11 is 0. The third kappa shape index (κ3) is 2.22. The summed E-state index contributed by atoms with van der Waals surface area (Å²) in [6, 6.07) is 3.56. The lowest BCUT2D eigenvalue weighted by atomic mass is 10.2. The van der Waals surface area contributed by atoms with Crippen molar-refractivity contribution in [1.29, 1.82) is 0 Å². The van der Waals surface area contributed by atoms with Gasteiger partial charge in [-0.15, -0.1) is 0 Å². The third-order valence-electron chi connectivity index (χ3n) is 3.59. The van der Waals surface area contributed by atoms with Crippen LogP contribution in [0.1, 0.15) is 28.0 Å². The van der Waals surface area contributed by atoms with E-state index in [1.165, 1.54) is 0 Å². The third-order valence-corrected chi connectivity index (χ3v) is 3.59. The van der Waals surface area contributed by atoms with Gasteiger partial charge in [0.05, 0.1) is 13.2 Å². The maximum absolute atomic E-state index is 12.7. The summed E-state index contributed by atoms with van der Waals surface area (Å²) in [5.41, 5.74) is 1.66. The SMILES string of the molecule is Cc1cnc(C2COCCN2C(=O)c2cccn2C)[nH]1. The Bertz CT molecular complexity index is 616. The number of aryl methyl sites for hydroxylation is 2. The van der Waals surface area contributed by atoms with E-state index in [1.807, 2.05) is 41.8 Å². The summed E-state index contributed by atoms with van der Waals surface area (Å²) in [7, 11) is 1.87. The summed E-state index contributed by atoms with van der Waals surface area (Å²) in [6.07, 6.45) is 3.65. The van der Waals surface area contributed by atoms with Crippen LogP contribution in [0, 0.1) is 6.92 Å². The van der Waals surface area contributed by atoms with Crippen LogP contribution in [0.5, 0.6) is 0 Å². The molecule has 20 heavy (non-hydrogen) atoms. The van der Waals surface area contributed by atoms with Crippen LogP contribution in [-0.4, -0.2) is 45.1 Å². The minimum absolute atomic E-state index is 0.0138. The van der Waals surface area contributed by atoms with Crippen molar-refractivity contribution in [1.82, 2.24) is 19.4 Å². The van der Waals surface area contributed by atoms with Crippen molar-refractivity contribution < 1.29 is 9.53 Å². The van der Waals surface area contributed by atoms with E-state index in [1.54, 1.807) is 6.20 Å². The zero-order chi connectivity index (χ0) is 14.1. The molecule has 1 fully saturated rings. The summed E-state index contributed by atoms with van der Waals surface area (Å²) < 4.78 is 7.35. The lowest BCUT2D eigenvalue weighted by molar-refractivity contribution is -0.00549. The number of nitrogens with zero attached hydrogens (tertiary/aromatic N) is 3. The zero-order valence-electron chi connectivity index (χ0n) is 11.7. The van der Waals surface area contributed by atoms with Gasteiger partial charge in [-0.3, -0.25) is 4.79 Å². The van der Waals surface area contributed by atoms with Gasteiger partial charge in [0.1, 0.15) is 17.6 Å². The van der Waals surface area contributed by atoms with Gasteiger partial charge in [-0.05, 0) is 19.1 Å². The maximum Gasteiger partial charge on any atom is 0.271 e. The van der Waals surface area contributed by atoms with Gasteiger partial charge >= 0.3 is 0 Å². The standard InChI is InChI=1S/C14H18N4O2/c1-10-8-15-13(16-10)12-9-20-7-6-18(12)14(19)11-4-3-5-17(11)2/h3-5,8,12H,6-7,9H2,1-2H3,(H,15,16). The van der Waals surface area contributed by atoms with E-state index in [4.69, 9.17) is 4.74 Å². The van der Waals surface area contributed by atoms with Crippen molar-refractivity contribution in [3.8, 4) is 0 Å². The first-order valence-electron chi connectivity index (χ1n) is 6.68. The number of imidazole rings is 1. The monoisotopic (exact) mass is 274 g/mol. The molecular formula is C14H18N4O2. The number of hydrogen-bond donors (Lipinski definition) is 1. The van der Waals surface area contributed by atoms with Crippen molar-refractivity contribution in [3.05, 3.63) is 41.7 Å². The predicted octanol–water partition coefficient (Wildman–Crippen LogP) is 1.27. The molecule has 6 heteroatoms. The van der Waals surface area contributed by atoms with E-state index in [0.717, 1.165) is 11.5 Å². The second-order valence-electron chi connectivity index (χ2n) is 5.05. The van der Waals surface area contributed by atoms with Crippen LogP contribution < -0.4 is 0 Å². The zero-order valence-corrected chi connectivity index (χ0v) is 11.7. The van der Waals surface area contributed by atoms with Crippen LogP contribution in [0.3, 0.4) is 0 Å². The molecular weight excluding hydrogens is 256 g/mol. The molecule has 1 aliphatic rings. The maximum atomic E-state index is 12.7. The number of amides is 1. The van der Waals surface area contributed by atoms with Crippen LogP contribution in [-0.2, 0) is 11.8 Å². The lowest BCUT2D eigenvalue weighted by Gasteiger charge is -2.34. The van der Waals surface area contributed by atoms with E-state index in [-0.39, 0.29) is 11.9 Å². The molecule has 0 aliphatic carbocycles. The average Bonchev–Trinajstić information content (AvgIpc) is 3.07. The minimum Gasteiger partial charge on any atom is -0.377 e. The van der Waals surface area contributed by atoms with Crippen molar-refractivity contribution in [2.45, 2.75) is 13.0 Å². The summed E-state index contributed by atoms with van der Waals surface area (Å²) in [5.74, 6) is 0.796. The topological polar surface area (TPSA) is 63.1 Å². The number of H-pyrrole nitrogens is 1. The average molecular weight is 274 g/mol. The number of aromatic nitrogens is 3. The highest BCUT2D eigenvalue weighted by Crippen LogP contribution is 2.24. The molecule has 3 rings (SSSR count). The van der Waals surface area contributed by atoms with Gasteiger partial charge in [0.2, 0.25) is 0 Å². The first kappa shape index (κ1) is 12.9. The molecule has 0 aromatic carbocycles. The molecule has 1 saturated heterocycles. The van der Waals surface area contributed by atoms with E-state index in [9.17, 15) is 4.79 Å². The number of rotatable bonds is 2. The molecule has 2 aromatic rings. The van der Waals surface area contributed by atoms with E-state index < -0.39 is 0 Å². The predicted molar refractivity (Wildman–Crippen MR) is 73.3 cm³/mol. The van der Waals surface area contributed by atoms with Crippen LogP contribution in [0.25, 0.3) is 0 Å². The molecule has 1 N–H and O–H groups in total. The van der Waals surface area contributed by atoms with Crippen molar-refractivity contribution in [2.75, 3.05) is 19.8 Å². The van der Waals surface area contributed by atoms with E-state index >= 15 is 0 Å². The van der Waals surface area contributed by atoms with Crippen LogP contribution in [0.15, 0.2) is 24.5 Å². The van der Waals surface area contributed by atoms with Crippen molar-refractivity contribution >= 4 is 5.91 Å². The highest BCUT2D eigenvalue weighted by molar-refractivity contribution is 5.93. The Morgan fingerprint density at radius 3 is 3.05 bits per heavy atom. The fraction of sp³-hybridized carbons (Fsp3) is 0.429. The molecule has 0 saturated carbocycles. The van der Waals surface area contributed by atoms with Gasteiger partial charge < -0.3 is 19.2 Å². The van der Waals surface area contributed by atoms with Gasteiger partial charge in [0, 0.05) is 31.7 Å².